The van der Waals surface area contributed by atoms with Crippen LogP contribution in [-0.2, 0) is 4.43 Å². The zero-order valence-corrected chi connectivity index (χ0v) is 15.2. The van der Waals surface area contributed by atoms with Gasteiger partial charge in [-0.05, 0) is 37.5 Å². The Labute approximate surface area is 126 Å². The third kappa shape index (κ3) is 4.44. The first-order chi connectivity index (χ1) is 9.19. The van der Waals surface area contributed by atoms with Crippen LogP contribution in [0.3, 0.4) is 0 Å². The van der Waals surface area contributed by atoms with Gasteiger partial charge in [-0.25, -0.2) is 0 Å². The van der Waals surface area contributed by atoms with Crippen molar-refractivity contribution in [3.8, 4) is 0 Å². The Kier molecular flexibility index (Phi) is 5.99. The number of nitrogens with two attached hydrogens (primary N) is 1. The lowest BCUT2D eigenvalue weighted by Crippen LogP contribution is -2.90. The molecule has 0 spiro atoms. The topological polar surface area (TPSA) is 25.8 Å². The monoisotopic (exact) mass is 294 g/mol. The average Bonchev–Trinajstić information content (AvgIpc) is 2.36. The van der Waals surface area contributed by atoms with Gasteiger partial charge in [0.1, 0.15) is 12.1 Å². The highest BCUT2D eigenvalue weighted by atomic mass is 28.4. The maximum absolute atomic E-state index is 6.71. The van der Waals surface area contributed by atoms with Gasteiger partial charge in [-0.1, -0.05) is 51.1 Å². The highest BCUT2D eigenvalue weighted by molar-refractivity contribution is 6.74. The third-order valence-electron chi connectivity index (χ3n) is 4.44. The lowest BCUT2D eigenvalue weighted by atomic mass is 10.0. The van der Waals surface area contributed by atoms with Crippen LogP contribution < -0.4 is 5.32 Å². The fraction of sp³-hybridized carbons (Fsp3) is 0.647. The number of likely N-dealkylation sites (N-methyl/N-ethyl adjacent to an activating group) is 1. The number of hydrogen-bond donors (Lipinski definition) is 1. The summed E-state index contributed by atoms with van der Waals surface area (Å²) in [5, 5.41) is 2.61. The molecule has 2 N–H and O–H groups in total. The Bertz CT molecular complexity index is 397. The molecular weight excluding hydrogens is 262 g/mol. The van der Waals surface area contributed by atoms with Crippen LogP contribution in [-0.4, -0.2) is 20.9 Å². The second-order valence-electron chi connectivity index (χ2n) is 7.21. The van der Waals surface area contributed by atoms with Crippen LogP contribution in [0.25, 0.3) is 0 Å². The average molecular weight is 295 g/mol. The fourth-order valence-electron chi connectivity index (χ4n) is 2.11. The molecule has 0 fully saturated rings. The van der Waals surface area contributed by atoms with E-state index in [2.05, 4.69) is 83.4 Å². The molecule has 3 heteroatoms. The van der Waals surface area contributed by atoms with Gasteiger partial charge < -0.3 is 9.74 Å². The first kappa shape index (κ1) is 17.4. The summed E-state index contributed by atoms with van der Waals surface area (Å²) in [5.74, 6) is 0. The van der Waals surface area contributed by atoms with Crippen molar-refractivity contribution in [3.63, 3.8) is 0 Å². The molecule has 1 aromatic rings. The van der Waals surface area contributed by atoms with E-state index in [-0.39, 0.29) is 11.1 Å². The van der Waals surface area contributed by atoms with Gasteiger partial charge in [-0.3, -0.25) is 0 Å². The van der Waals surface area contributed by atoms with Gasteiger partial charge in [-0.15, -0.1) is 0 Å². The van der Waals surface area contributed by atoms with Gasteiger partial charge in [0.15, 0.2) is 8.32 Å². The van der Waals surface area contributed by atoms with Crippen LogP contribution >= 0.6 is 0 Å². The third-order valence-corrected chi connectivity index (χ3v) is 8.90. The van der Waals surface area contributed by atoms with E-state index in [1.54, 1.807) is 0 Å². The molecule has 2 nitrogen and oxygen atoms in total. The van der Waals surface area contributed by atoms with Gasteiger partial charge in [0.05, 0.1) is 6.54 Å². The molecule has 0 heterocycles. The van der Waals surface area contributed by atoms with Crippen molar-refractivity contribution in [1.29, 1.82) is 0 Å². The molecule has 0 aliphatic rings. The number of quaternary nitrogens is 1. The van der Waals surface area contributed by atoms with Crippen molar-refractivity contribution >= 4 is 8.32 Å². The van der Waals surface area contributed by atoms with Crippen LogP contribution in [0.2, 0.25) is 18.1 Å². The molecule has 0 aliphatic carbocycles. The molecular formula is C17H32NOSi+. The molecule has 0 saturated heterocycles. The molecule has 0 amide bonds. The van der Waals surface area contributed by atoms with Crippen LogP contribution in [0.1, 0.15) is 46.3 Å². The number of benzene rings is 1. The van der Waals surface area contributed by atoms with E-state index in [9.17, 15) is 0 Å². The van der Waals surface area contributed by atoms with Gasteiger partial charge in [-0.2, -0.15) is 0 Å². The quantitative estimate of drug-likeness (QED) is 0.795. The van der Waals surface area contributed by atoms with Crippen molar-refractivity contribution in [2.75, 3.05) is 6.54 Å². The molecule has 0 aliphatic heterocycles. The minimum absolute atomic E-state index is 0.178. The summed E-state index contributed by atoms with van der Waals surface area (Å²) in [6.45, 7) is 17.1. The van der Waals surface area contributed by atoms with Crippen molar-refractivity contribution in [2.45, 2.75) is 64.9 Å². The lowest BCUT2D eigenvalue weighted by molar-refractivity contribution is -0.691. The smallest absolute Gasteiger partial charge is 0.193 e. The SMILES string of the molecule is CC[NH2+][C@@H](C)[C@H](O[Si](C)(C)C(C)(C)C)c1ccccc1. The first-order valence-corrected chi connectivity index (χ1v) is 10.7. The predicted octanol–water partition coefficient (Wildman–Crippen LogP) is 3.72. The number of hydrogen-bond acceptors (Lipinski definition) is 1. The first-order valence-electron chi connectivity index (χ1n) is 7.75. The molecule has 1 aromatic carbocycles. The Hall–Kier alpha value is -0.643. The van der Waals surface area contributed by atoms with Crippen molar-refractivity contribution in [3.05, 3.63) is 35.9 Å². The molecule has 0 radical (unpaired) electrons. The molecule has 114 valence electrons. The van der Waals surface area contributed by atoms with E-state index < -0.39 is 8.32 Å². The zero-order valence-electron chi connectivity index (χ0n) is 14.2. The van der Waals surface area contributed by atoms with Crippen LogP contribution in [0.4, 0.5) is 0 Å². The van der Waals surface area contributed by atoms with Crippen LogP contribution in [0.15, 0.2) is 30.3 Å². The lowest BCUT2D eigenvalue weighted by Gasteiger charge is -2.40. The summed E-state index contributed by atoms with van der Waals surface area (Å²) < 4.78 is 6.71. The van der Waals surface area contributed by atoms with Crippen molar-refractivity contribution < 1.29 is 9.74 Å². The second-order valence-corrected chi connectivity index (χ2v) is 12.0. The zero-order chi connectivity index (χ0) is 15.4. The van der Waals surface area contributed by atoms with E-state index in [4.69, 9.17) is 4.43 Å². The normalized spacial score (nSPS) is 15.9. The van der Waals surface area contributed by atoms with Gasteiger partial charge in [0.2, 0.25) is 0 Å². The van der Waals surface area contributed by atoms with Gasteiger partial charge in [0.25, 0.3) is 0 Å². The van der Waals surface area contributed by atoms with E-state index in [0.717, 1.165) is 6.54 Å². The van der Waals surface area contributed by atoms with E-state index >= 15 is 0 Å². The largest absolute Gasteiger partial charge is 0.404 e. The Morgan fingerprint density at radius 1 is 1.15 bits per heavy atom. The van der Waals surface area contributed by atoms with Crippen molar-refractivity contribution in [2.24, 2.45) is 0 Å². The molecule has 0 unspecified atom stereocenters. The summed E-state index contributed by atoms with van der Waals surface area (Å²) in [6, 6.07) is 11.1. The highest BCUT2D eigenvalue weighted by Crippen LogP contribution is 2.40. The van der Waals surface area contributed by atoms with E-state index in [1.165, 1.54) is 5.56 Å². The van der Waals surface area contributed by atoms with E-state index in [0.29, 0.717) is 6.04 Å². The predicted molar refractivity (Wildman–Crippen MR) is 89.4 cm³/mol. The molecule has 0 bridgehead atoms. The van der Waals surface area contributed by atoms with E-state index in [1.807, 2.05) is 0 Å². The molecule has 20 heavy (non-hydrogen) atoms. The highest BCUT2D eigenvalue weighted by Gasteiger charge is 2.41. The summed E-state index contributed by atoms with van der Waals surface area (Å²) in [6.07, 6.45) is 0.178. The maximum atomic E-state index is 6.71. The summed E-state index contributed by atoms with van der Waals surface area (Å²) >= 11 is 0. The summed E-state index contributed by atoms with van der Waals surface area (Å²) in [4.78, 5) is 0. The summed E-state index contributed by atoms with van der Waals surface area (Å²) in [7, 11) is -1.76. The minimum atomic E-state index is -1.76. The molecule has 1 rings (SSSR count). The maximum Gasteiger partial charge on any atom is 0.193 e. The molecule has 2 atom stereocenters. The van der Waals surface area contributed by atoms with Crippen LogP contribution in [0, 0.1) is 0 Å². The standard InChI is InChI=1S/C17H31NOSi/c1-8-18-14(2)16(15-12-10-9-11-13-15)19-20(6,7)17(3,4)5/h9-14,16,18H,8H2,1-7H3/p+1/t14-,16-/m0/s1. The molecule has 0 aromatic heterocycles. The molecule has 0 saturated carbocycles. The van der Waals surface area contributed by atoms with Crippen molar-refractivity contribution in [1.82, 2.24) is 0 Å². The minimum Gasteiger partial charge on any atom is -0.404 e. The number of rotatable bonds is 6. The summed E-state index contributed by atoms with van der Waals surface area (Å²) in [5.41, 5.74) is 1.30. The van der Waals surface area contributed by atoms with Gasteiger partial charge >= 0.3 is 0 Å². The Balaban J connectivity index is 3.01. The Morgan fingerprint density at radius 3 is 2.15 bits per heavy atom. The Morgan fingerprint density at radius 2 is 1.70 bits per heavy atom. The van der Waals surface area contributed by atoms with Gasteiger partial charge in [0, 0.05) is 0 Å². The fourth-order valence-corrected chi connectivity index (χ4v) is 3.45. The second kappa shape index (κ2) is 6.88. The van der Waals surface area contributed by atoms with Crippen LogP contribution in [0.5, 0.6) is 0 Å².